The zero-order valence-corrected chi connectivity index (χ0v) is 20.5. The molecule has 0 aromatic heterocycles. The highest BCUT2D eigenvalue weighted by molar-refractivity contribution is 7.89. The van der Waals surface area contributed by atoms with Crippen molar-refractivity contribution in [3.63, 3.8) is 0 Å². The van der Waals surface area contributed by atoms with Crippen molar-refractivity contribution < 1.29 is 17.9 Å². The molecular formula is C25H34N4O4S. The molecule has 0 spiro atoms. The van der Waals surface area contributed by atoms with Gasteiger partial charge < -0.3 is 15.0 Å². The van der Waals surface area contributed by atoms with Crippen molar-refractivity contribution in [1.82, 2.24) is 9.62 Å². The van der Waals surface area contributed by atoms with E-state index >= 15 is 0 Å². The highest BCUT2D eigenvalue weighted by atomic mass is 32.2. The maximum Gasteiger partial charge on any atom is 0.240 e. The minimum Gasteiger partial charge on any atom is -0.378 e. The molecule has 34 heavy (non-hydrogen) atoms. The number of piperidine rings is 1. The van der Waals surface area contributed by atoms with Gasteiger partial charge in [-0.05, 0) is 68.6 Å². The zero-order valence-electron chi connectivity index (χ0n) is 19.7. The molecule has 1 amide bonds. The number of anilines is 2. The summed E-state index contributed by atoms with van der Waals surface area (Å²) in [6.45, 7) is 7.36. The van der Waals surface area contributed by atoms with Gasteiger partial charge in [0.2, 0.25) is 15.9 Å². The number of aryl methyl sites for hydroxylation is 1. The van der Waals surface area contributed by atoms with Crippen LogP contribution in [0.1, 0.15) is 18.4 Å². The number of nitrogens with zero attached hydrogens (tertiary/aromatic N) is 2. The van der Waals surface area contributed by atoms with E-state index in [0.29, 0.717) is 19.6 Å². The Morgan fingerprint density at radius 1 is 1.03 bits per heavy atom. The summed E-state index contributed by atoms with van der Waals surface area (Å²) in [6.07, 6.45) is 1.88. The summed E-state index contributed by atoms with van der Waals surface area (Å²) in [4.78, 5) is 17.3. The molecule has 2 fully saturated rings. The third-order valence-corrected chi connectivity index (χ3v) is 7.83. The van der Waals surface area contributed by atoms with Crippen molar-refractivity contribution in [2.24, 2.45) is 5.92 Å². The van der Waals surface area contributed by atoms with Crippen LogP contribution in [-0.2, 0) is 19.6 Å². The molecular weight excluding hydrogens is 452 g/mol. The number of sulfonamides is 1. The van der Waals surface area contributed by atoms with Crippen LogP contribution < -0.4 is 14.9 Å². The average molecular weight is 487 g/mol. The lowest BCUT2D eigenvalue weighted by Gasteiger charge is -2.32. The Hall–Kier alpha value is -2.46. The molecule has 4 rings (SSSR count). The lowest BCUT2D eigenvalue weighted by Crippen LogP contribution is -2.43. The van der Waals surface area contributed by atoms with Crippen molar-refractivity contribution in [3.05, 3.63) is 54.1 Å². The highest BCUT2D eigenvalue weighted by Gasteiger charge is 2.24. The highest BCUT2D eigenvalue weighted by Crippen LogP contribution is 2.20. The van der Waals surface area contributed by atoms with Gasteiger partial charge in [0.05, 0.1) is 24.7 Å². The van der Waals surface area contributed by atoms with Crippen molar-refractivity contribution in [3.8, 4) is 0 Å². The summed E-state index contributed by atoms with van der Waals surface area (Å²) < 4.78 is 33.3. The molecule has 0 bridgehead atoms. The Labute approximate surface area is 202 Å². The Kier molecular flexibility index (Phi) is 8.20. The summed E-state index contributed by atoms with van der Waals surface area (Å²) in [5.41, 5.74) is 2.93. The molecule has 2 heterocycles. The second-order valence-electron chi connectivity index (χ2n) is 9.10. The van der Waals surface area contributed by atoms with E-state index in [1.807, 2.05) is 31.2 Å². The van der Waals surface area contributed by atoms with E-state index in [0.717, 1.165) is 62.6 Å². The molecule has 0 aliphatic carbocycles. The van der Waals surface area contributed by atoms with Crippen LogP contribution in [-0.4, -0.2) is 71.7 Å². The van der Waals surface area contributed by atoms with Crippen molar-refractivity contribution in [2.75, 3.05) is 62.7 Å². The second-order valence-corrected chi connectivity index (χ2v) is 10.9. The van der Waals surface area contributed by atoms with Gasteiger partial charge in [0, 0.05) is 37.6 Å². The molecule has 2 aliphatic rings. The van der Waals surface area contributed by atoms with E-state index in [-0.39, 0.29) is 16.7 Å². The van der Waals surface area contributed by atoms with E-state index in [1.165, 1.54) is 0 Å². The first-order chi connectivity index (χ1) is 16.4. The smallest absolute Gasteiger partial charge is 0.240 e. The fourth-order valence-corrected chi connectivity index (χ4v) is 5.59. The van der Waals surface area contributed by atoms with Crippen LogP contribution in [0, 0.1) is 12.8 Å². The van der Waals surface area contributed by atoms with Crippen molar-refractivity contribution in [1.29, 1.82) is 0 Å². The molecule has 184 valence electrons. The molecule has 0 saturated carbocycles. The van der Waals surface area contributed by atoms with Gasteiger partial charge in [-0.15, -0.1) is 0 Å². The van der Waals surface area contributed by atoms with Crippen molar-refractivity contribution in [2.45, 2.75) is 24.7 Å². The monoisotopic (exact) mass is 486 g/mol. The van der Waals surface area contributed by atoms with Crippen molar-refractivity contribution >= 4 is 27.3 Å². The molecule has 1 unspecified atom stereocenters. The van der Waals surface area contributed by atoms with Gasteiger partial charge in [-0.3, -0.25) is 9.69 Å². The number of benzene rings is 2. The largest absolute Gasteiger partial charge is 0.378 e. The van der Waals surface area contributed by atoms with Crippen LogP contribution in [0.2, 0.25) is 0 Å². The number of morpholine rings is 1. The number of carbonyl (C=O) groups is 1. The Morgan fingerprint density at radius 3 is 2.44 bits per heavy atom. The van der Waals surface area contributed by atoms with E-state index in [9.17, 15) is 13.2 Å². The van der Waals surface area contributed by atoms with Gasteiger partial charge in [0.15, 0.2) is 0 Å². The number of rotatable bonds is 8. The Balaban J connectivity index is 1.24. The molecule has 1 atom stereocenters. The molecule has 8 nitrogen and oxygen atoms in total. The maximum atomic E-state index is 12.6. The summed E-state index contributed by atoms with van der Waals surface area (Å²) in [7, 11) is -3.53. The van der Waals surface area contributed by atoms with Crippen LogP contribution in [0.3, 0.4) is 0 Å². The molecule has 2 aliphatic heterocycles. The van der Waals surface area contributed by atoms with E-state index < -0.39 is 10.0 Å². The maximum absolute atomic E-state index is 12.6. The lowest BCUT2D eigenvalue weighted by atomic mass is 9.98. The third-order valence-electron chi connectivity index (χ3n) is 6.39. The zero-order chi connectivity index (χ0) is 24.0. The summed E-state index contributed by atoms with van der Waals surface area (Å²) in [5.74, 6) is 0.120. The van der Waals surface area contributed by atoms with Crippen LogP contribution >= 0.6 is 0 Å². The van der Waals surface area contributed by atoms with Crippen LogP contribution in [0.15, 0.2) is 53.4 Å². The van der Waals surface area contributed by atoms with Crippen LogP contribution in [0.25, 0.3) is 0 Å². The lowest BCUT2D eigenvalue weighted by molar-refractivity contribution is -0.117. The van der Waals surface area contributed by atoms with E-state index in [1.54, 1.807) is 24.3 Å². The standard InChI is InChI=1S/C25H34N4O4S/c1-20-4-10-24(11-5-20)34(31,32)26-17-21-3-2-12-28(18-21)19-25(30)27-22-6-8-23(9-7-22)29-13-15-33-16-14-29/h4-11,21,26H,2-3,12-19H2,1H3,(H,27,30). The normalized spacial score (nSPS) is 19.7. The summed E-state index contributed by atoms with van der Waals surface area (Å²) >= 11 is 0. The van der Waals surface area contributed by atoms with Gasteiger partial charge in [-0.25, -0.2) is 13.1 Å². The number of likely N-dealkylation sites (tertiary alicyclic amines) is 1. The quantitative estimate of drug-likeness (QED) is 0.596. The number of hydrogen-bond donors (Lipinski definition) is 2. The van der Waals surface area contributed by atoms with Gasteiger partial charge >= 0.3 is 0 Å². The van der Waals surface area contributed by atoms with Crippen LogP contribution in [0.5, 0.6) is 0 Å². The number of nitrogens with one attached hydrogen (secondary N) is 2. The topological polar surface area (TPSA) is 91.0 Å². The van der Waals surface area contributed by atoms with Gasteiger partial charge in [-0.1, -0.05) is 17.7 Å². The first-order valence-corrected chi connectivity index (χ1v) is 13.4. The summed E-state index contributed by atoms with van der Waals surface area (Å²) in [5, 5.41) is 2.98. The molecule has 2 N–H and O–H groups in total. The number of amides is 1. The Morgan fingerprint density at radius 2 is 1.74 bits per heavy atom. The van der Waals surface area contributed by atoms with Crippen LogP contribution in [0.4, 0.5) is 11.4 Å². The second kappa shape index (κ2) is 11.3. The average Bonchev–Trinajstić information content (AvgIpc) is 2.84. The fraction of sp³-hybridized carbons (Fsp3) is 0.480. The minimum atomic E-state index is -3.53. The molecule has 9 heteroatoms. The molecule has 2 aromatic rings. The fourth-order valence-electron chi connectivity index (χ4n) is 4.47. The number of carbonyl (C=O) groups excluding carboxylic acids is 1. The Bertz CT molecular complexity index is 1050. The van der Waals surface area contributed by atoms with E-state index in [4.69, 9.17) is 4.74 Å². The minimum absolute atomic E-state index is 0.0555. The van der Waals surface area contributed by atoms with Gasteiger partial charge in [-0.2, -0.15) is 0 Å². The first-order valence-electron chi connectivity index (χ1n) is 11.9. The molecule has 2 aromatic carbocycles. The predicted octanol–water partition coefficient (Wildman–Crippen LogP) is 2.46. The molecule has 2 saturated heterocycles. The SMILES string of the molecule is Cc1ccc(S(=O)(=O)NCC2CCCN(CC(=O)Nc3ccc(N4CCOCC4)cc3)C2)cc1. The first kappa shape index (κ1) is 24.7. The van der Waals surface area contributed by atoms with Gasteiger partial charge in [0.1, 0.15) is 0 Å². The third kappa shape index (κ3) is 6.79. The van der Waals surface area contributed by atoms with E-state index in [2.05, 4.69) is 19.8 Å². The summed E-state index contributed by atoms with van der Waals surface area (Å²) in [6, 6.07) is 14.8. The van der Waals surface area contributed by atoms with Gasteiger partial charge in [0.25, 0.3) is 0 Å². The predicted molar refractivity (Wildman–Crippen MR) is 134 cm³/mol. The molecule has 0 radical (unpaired) electrons. The number of ether oxygens (including phenoxy) is 1. The number of hydrogen-bond acceptors (Lipinski definition) is 6.